The molecule has 2 aliphatic carbocycles. The first kappa shape index (κ1) is 27.8. The molecule has 6 rings (SSSR count). The van der Waals surface area contributed by atoms with Crippen molar-refractivity contribution in [2.24, 2.45) is 11.8 Å². The van der Waals surface area contributed by atoms with Gasteiger partial charge in [-0.25, -0.2) is 17.9 Å². The van der Waals surface area contributed by atoms with E-state index in [4.69, 9.17) is 9.47 Å². The maximum absolute atomic E-state index is 12.9. The van der Waals surface area contributed by atoms with Gasteiger partial charge in [0, 0.05) is 22.2 Å². The highest BCUT2D eigenvalue weighted by molar-refractivity contribution is 7.90. The van der Waals surface area contributed by atoms with Crippen molar-refractivity contribution in [3.8, 4) is 5.75 Å². The second-order valence-corrected chi connectivity index (χ2v) is 12.7. The van der Waals surface area contributed by atoms with Crippen LogP contribution in [0.3, 0.4) is 0 Å². The Morgan fingerprint density at radius 3 is 2.62 bits per heavy atom. The fraction of sp³-hybridized carbons (Fsp3) is 0.323. The number of aromatic nitrogens is 2. The second kappa shape index (κ2) is 11.1. The zero-order valence-electron chi connectivity index (χ0n) is 23.4. The number of benzene rings is 3. The first-order valence-electron chi connectivity index (χ1n) is 13.9. The molecule has 2 saturated carbocycles. The summed E-state index contributed by atoms with van der Waals surface area (Å²) in [6, 6.07) is 16.7. The van der Waals surface area contributed by atoms with Crippen LogP contribution in [0.5, 0.6) is 5.75 Å². The minimum Gasteiger partial charge on any atom is -0.496 e. The quantitative estimate of drug-likeness (QED) is 0.287. The number of carbonyl (C=O) groups is 2. The molecule has 42 heavy (non-hydrogen) atoms. The molecule has 3 unspecified atom stereocenters. The molecule has 218 valence electrons. The molecule has 10 nitrogen and oxygen atoms in total. The van der Waals surface area contributed by atoms with Gasteiger partial charge in [-0.05, 0) is 86.4 Å². The molecule has 0 saturated heterocycles. The van der Waals surface area contributed by atoms with E-state index >= 15 is 0 Å². The third kappa shape index (κ3) is 5.56. The minimum absolute atomic E-state index is 0.00177. The number of amides is 2. The highest BCUT2D eigenvalue weighted by Gasteiger charge is 2.41. The van der Waals surface area contributed by atoms with E-state index < -0.39 is 22.0 Å². The van der Waals surface area contributed by atoms with Gasteiger partial charge in [-0.2, -0.15) is 5.10 Å². The molecule has 2 bridgehead atoms. The zero-order valence-corrected chi connectivity index (χ0v) is 24.2. The predicted molar refractivity (Wildman–Crippen MR) is 157 cm³/mol. The van der Waals surface area contributed by atoms with Crippen LogP contribution in [-0.4, -0.2) is 43.4 Å². The molecule has 1 aromatic heterocycles. The lowest BCUT2D eigenvalue weighted by Gasteiger charge is -2.22. The summed E-state index contributed by atoms with van der Waals surface area (Å²) in [6.07, 6.45) is 5.77. The largest absolute Gasteiger partial charge is 0.496 e. The Labute approximate surface area is 244 Å². The first-order chi connectivity index (χ1) is 20.2. The van der Waals surface area contributed by atoms with Gasteiger partial charge in [0.1, 0.15) is 11.9 Å². The number of sulfonamides is 1. The normalized spacial score (nSPS) is 19.5. The SMILES string of the molecule is COc1cc(C(=O)NS(=O)(=O)c2ccccc2C)ccc1Cn1ncc2ccc(NC(=O)OC3CC4CCC3C4)cc21. The summed E-state index contributed by atoms with van der Waals surface area (Å²) >= 11 is 0. The number of hydrogen-bond acceptors (Lipinski definition) is 7. The maximum atomic E-state index is 12.9. The van der Waals surface area contributed by atoms with E-state index in [9.17, 15) is 18.0 Å². The average Bonchev–Trinajstić information content (AvgIpc) is 3.69. The number of carbonyl (C=O) groups excluding carboxylic acids is 2. The van der Waals surface area contributed by atoms with Crippen molar-refractivity contribution >= 4 is 38.6 Å². The fourth-order valence-electron chi connectivity index (χ4n) is 6.16. The third-order valence-electron chi connectivity index (χ3n) is 8.30. The number of methoxy groups -OCH3 is 1. The second-order valence-electron chi connectivity index (χ2n) is 11.0. The smallest absolute Gasteiger partial charge is 0.411 e. The number of ether oxygens (including phenoxy) is 2. The zero-order chi connectivity index (χ0) is 29.4. The lowest BCUT2D eigenvalue weighted by Crippen LogP contribution is -2.31. The van der Waals surface area contributed by atoms with Gasteiger partial charge in [-0.15, -0.1) is 0 Å². The van der Waals surface area contributed by atoms with Crippen molar-refractivity contribution in [3.63, 3.8) is 0 Å². The topological polar surface area (TPSA) is 129 Å². The van der Waals surface area contributed by atoms with E-state index in [-0.39, 0.29) is 16.6 Å². The van der Waals surface area contributed by atoms with Crippen molar-refractivity contribution in [3.05, 3.63) is 83.6 Å². The Morgan fingerprint density at radius 1 is 1.05 bits per heavy atom. The summed E-state index contributed by atoms with van der Waals surface area (Å²) in [7, 11) is -2.57. The Hall–Kier alpha value is -4.38. The fourth-order valence-corrected chi connectivity index (χ4v) is 7.38. The van der Waals surface area contributed by atoms with Gasteiger partial charge < -0.3 is 9.47 Å². The summed E-state index contributed by atoms with van der Waals surface area (Å²) in [5.41, 5.74) is 2.80. The standard InChI is InChI=1S/C31H32N4O6S/c1-19-5-3-4-6-29(19)42(38,39)34-30(36)22-9-10-24(27(15-22)40-2)18-35-26-16-25(12-11-23(26)17-32-35)33-31(37)41-28-14-20-7-8-21(28)13-20/h3-6,9-12,15-17,20-21,28H,7-8,13-14,18H2,1-2H3,(H,33,37)(H,34,36). The summed E-state index contributed by atoms with van der Waals surface area (Å²) in [5, 5.41) is 8.25. The van der Waals surface area contributed by atoms with Crippen LogP contribution >= 0.6 is 0 Å². The monoisotopic (exact) mass is 588 g/mol. The van der Waals surface area contributed by atoms with Gasteiger partial charge in [-0.1, -0.05) is 24.3 Å². The van der Waals surface area contributed by atoms with Crippen LogP contribution in [0.2, 0.25) is 0 Å². The van der Waals surface area contributed by atoms with Gasteiger partial charge in [-0.3, -0.25) is 14.8 Å². The molecule has 2 aliphatic rings. The molecule has 2 N–H and O–H groups in total. The summed E-state index contributed by atoms with van der Waals surface area (Å²) in [5.74, 6) is 0.809. The van der Waals surface area contributed by atoms with Crippen molar-refractivity contribution in [1.29, 1.82) is 0 Å². The molecule has 2 amide bonds. The number of hydrogen-bond donors (Lipinski definition) is 2. The van der Waals surface area contributed by atoms with Gasteiger partial charge in [0.15, 0.2) is 0 Å². The number of aryl methyl sites for hydroxylation is 1. The van der Waals surface area contributed by atoms with Crippen LogP contribution < -0.4 is 14.8 Å². The first-order valence-corrected chi connectivity index (χ1v) is 15.4. The number of rotatable bonds is 8. The van der Waals surface area contributed by atoms with Crippen LogP contribution in [-0.2, 0) is 21.3 Å². The van der Waals surface area contributed by atoms with E-state index in [0.29, 0.717) is 35.4 Å². The van der Waals surface area contributed by atoms with Crippen molar-refractivity contribution in [2.75, 3.05) is 12.4 Å². The molecule has 0 aliphatic heterocycles. The number of anilines is 1. The van der Waals surface area contributed by atoms with Crippen molar-refractivity contribution in [2.45, 2.75) is 50.2 Å². The Bertz CT molecular complexity index is 1780. The molecular formula is C31H32N4O6S. The summed E-state index contributed by atoms with van der Waals surface area (Å²) in [4.78, 5) is 25.5. The summed E-state index contributed by atoms with van der Waals surface area (Å²) < 4.78 is 40.8. The molecule has 4 aromatic rings. The van der Waals surface area contributed by atoms with Crippen LogP contribution in [0.1, 0.15) is 47.2 Å². The van der Waals surface area contributed by atoms with Gasteiger partial charge in [0.2, 0.25) is 0 Å². The lowest BCUT2D eigenvalue weighted by atomic mass is 9.98. The molecule has 1 heterocycles. The highest BCUT2D eigenvalue weighted by atomic mass is 32.2. The van der Waals surface area contributed by atoms with Crippen LogP contribution in [0.15, 0.2) is 71.8 Å². The van der Waals surface area contributed by atoms with Crippen molar-refractivity contribution in [1.82, 2.24) is 14.5 Å². The van der Waals surface area contributed by atoms with E-state index in [2.05, 4.69) is 15.1 Å². The van der Waals surface area contributed by atoms with Crippen LogP contribution in [0.4, 0.5) is 10.5 Å². The average molecular weight is 589 g/mol. The van der Waals surface area contributed by atoms with Gasteiger partial charge in [0.25, 0.3) is 15.9 Å². The Morgan fingerprint density at radius 2 is 1.88 bits per heavy atom. The molecule has 0 radical (unpaired) electrons. The molecule has 11 heteroatoms. The number of fused-ring (bicyclic) bond motifs is 3. The number of nitrogens with zero attached hydrogens (tertiary/aromatic N) is 2. The predicted octanol–water partition coefficient (Wildman–Crippen LogP) is 5.26. The summed E-state index contributed by atoms with van der Waals surface area (Å²) in [6.45, 7) is 1.98. The van der Waals surface area contributed by atoms with Gasteiger partial charge in [0.05, 0.1) is 30.3 Å². The third-order valence-corrected chi connectivity index (χ3v) is 9.79. The van der Waals surface area contributed by atoms with E-state index in [1.807, 2.05) is 18.2 Å². The maximum Gasteiger partial charge on any atom is 0.411 e. The minimum atomic E-state index is -4.05. The van der Waals surface area contributed by atoms with Crippen LogP contribution in [0.25, 0.3) is 10.9 Å². The number of nitrogens with one attached hydrogen (secondary N) is 2. The van der Waals surface area contributed by atoms with Gasteiger partial charge >= 0.3 is 6.09 Å². The van der Waals surface area contributed by atoms with Crippen molar-refractivity contribution < 1.29 is 27.5 Å². The lowest BCUT2D eigenvalue weighted by molar-refractivity contribution is 0.0755. The molecular weight excluding hydrogens is 556 g/mol. The molecule has 3 aromatic carbocycles. The van der Waals surface area contributed by atoms with Crippen LogP contribution in [0, 0.1) is 18.8 Å². The highest BCUT2D eigenvalue weighted by Crippen LogP contribution is 2.46. The Kier molecular flexibility index (Phi) is 7.36. The van der Waals surface area contributed by atoms with E-state index in [1.54, 1.807) is 48.1 Å². The molecule has 2 fully saturated rings. The molecule has 3 atom stereocenters. The van der Waals surface area contributed by atoms with E-state index in [1.165, 1.54) is 25.7 Å². The van der Waals surface area contributed by atoms with E-state index in [0.717, 1.165) is 35.7 Å². The molecule has 0 spiro atoms. The Balaban J connectivity index is 1.16.